The minimum atomic E-state index is -0.756. The molecule has 0 saturated heterocycles. The molecule has 3 rings (SSSR count). The summed E-state index contributed by atoms with van der Waals surface area (Å²) in [4.78, 5) is 28.7. The Morgan fingerprint density at radius 3 is 2.46 bits per heavy atom. The molecule has 2 heterocycles. The highest BCUT2D eigenvalue weighted by atomic mass is 16.2. The van der Waals surface area contributed by atoms with Crippen LogP contribution < -0.4 is 10.6 Å². The number of aromatic nitrogens is 3. The molecule has 1 aromatic carbocycles. The van der Waals surface area contributed by atoms with Crippen LogP contribution >= 0.6 is 0 Å². The fraction of sp³-hybridized carbons (Fsp3) is 0.158. The van der Waals surface area contributed by atoms with Gasteiger partial charge in [-0.3, -0.25) is 19.3 Å². The smallest absolute Gasteiger partial charge is 0.246 e. The maximum Gasteiger partial charge on any atom is 0.246 e. The molecule has 132 valence electrons. The van der Waals surface area contributed by atoms with E-state index < -0.39 is 6.04 Å². The van der Waals surface area contributed by atoms with Crippen LogP contribution in [0.25, 0.3) is 11.3 Å². The predicted octanol–water partition coefficient (Wildman–Crippen LogP) is 1.55. The molecule has 26 heavy (non-hydrogen) atoms. The van der Waals surface area contributed by atoms with Crippen molar-refractivity contribution in [2.45, 2.75) is 12.6 Å². The van der Waals surface area contributed by atoms with Crippen LogP contribution in [0.4, 0.5) is 0 Å². The van der Waals surface area contributed by atoms with Crippen molar-refractivity contribution in [2.75, 3.05) is 7.05 Å². The second kappa shape index (κ2) is 8.06. The number of amides is 2. The van der Waals surface area contributed by atoms with Gasteiger partial charge in [0.15, 0.2) is 0 Å². The van der Waals surface area contributed by atoms with Crippen molar-refractivity contribution in [1.82, 2.24) is 25.4 Å². The number of benzene rings is 1. The Labute approximate surface area is 151 Å². The van der Waals surface area contributed by atoms with E-state index >= 15 is 0 Å². The third-order valence-corrected chi connectivity index (χ3v) is 3.93. The highest BCUT2D eigenvalue weighted by Crippen LogP contribution is 2.18. The average Bonchev–Trinajstić information content (AvgIpc) is 3.15. The first-order chi connectivity index (χ1) is 12.7. The normalized spacial score (nSPS) is 11.6. The largest absolute Gasteiger partial charge is 0.357 e. The number of hydrogen-bond acceptors (Lipinski definition) is 4. The fourth-order valence-electron chi connectivity index (χ4n) is 2.66. The quantitative estimate of drug-likeness (QED) is 0.707. The number of pyridine rings is 1. The number of carbonyl (C=O) groups is 2. The molecule has 0 aliphatic rings. The number of nitrogens with zero attached hydrogens (tertiary/aromatic N) is 3. The Morgan fingerprint density at radius 2 is 1.77 bits per heavy atom. The van der Waals surface area contributed by atoms with Crippen molar-refractivity contribution in [3.05, 3.63) is 72.7 Å². The number of likely N-dealkylation sites (N-methyl/N-ethyl adjacent to an activating group) is 1. The molecule has 0 spiro atoms. The minimum Gasteiger partial charge on any atom is -0.357 e. The van der Waals surface area contributed by atoms with E-state index in [2.05, 4.69) is 20.7 Å². The second-order valence-corrected chi connectivity index (χ2v) is 5.64. The number of nitrogens with one attached hydrogen (secondary N) is 2. The number of carbonyl (C=O) groups excluding carboxylic acids is 2. The summed E-state index contributed by atoms with van der Waals surface area (Å²) in [5.74, 6) is -0.583. The Hall–Kier alpha value is -3.48. The van der Waals surface area contributed by atoms with E-state index in [-0.39, 0.29) is 18.4 Å². The van der Waals surface area contributed by atoms with E-state index in [1.807, 2.05) is 36.4 Å². The van der Waals surface area contributed by atoms with Crippen molar-refractivity contribution in [3.8, 4) is 11.3 Å². The molecule has 0 saturated carbocycles. The summed E-state index contributed by atoms with van der Waals surface area (Å²) in [6, 6.07) is 13.9. The SMILES string of the molecule is CNC(=O)C(NC(=O)Cn1nccc1-c1ccncc1)c1ccccc1. The Bertz CT molecular complexity index is 877. The minimum absolute atomic E-state index is 0.00494. The second-order valence-electron chi connectivity index (χ2n) is 5.64. The number of hydrogen-bond donors (Lipinski definition) is 2. The topological polar surface area (TPSA) is 88.9 Å². The van der Waals surface area contributed by atoms with Gasteiger partial charge in [0.25, 0.3) is 0 Å². The highest BCUT2D eigenvalue weighted by Gasteiger charge is 2.22. The first-order valence-corrected chi connectivity index (χ1v) is 8.17. The summed E-state index contributed by atoms with van der Waals surface area (Å²) < 4.78 is 1.59. The molecule has 0 radical (unpaired) electrons. The summed E-state index contributed by atoms with van der Waals surface area (Å²) in [7, 11) is 1.54. The van der Waals surface area contributed by atoms with Gasteiger partial charge in [-0.25, -0.2) is 0 Å². The van der Waals surface area contributed by atoms with E-state index in [0.29, 0.717) is 0 Å². The molecule has 0 aliphatic heterocycles. The molecular formula is C19H19N5O2. The molecule has 7 heteroatoms. The van der Waals surface area contributed by atoms with Crippen molar-refractivity contribution in [1.29, 1.82) is 0 Å². The van der Waals surface area contributed by atoms with Crippen LogP contribution in [0.1, 0.15) is 11.6 Å². The summed E-state index contributed by atoms with van der Waals surface area (Å²) in [5, 5.41) is 9.57. The highest BCUT2D eigenvalue weighted by molar-refractivity contribution is 5.88. The molecule has 2 aromatic heterocycles. The van der Waals surface area contributed by atoms with Crippen LogP contribution in [0, 0.1) is 0 Å². The predicted molar refractivity (Wildman–Crippen MR) is 96.9 cm³/mol. The van der Waals surface area contributed by atoms with Crippen LogP contribution in [0.2, 0.25) is 0 Å². The van der Waals surface area contributed by atoms with Crippen molar-refractivity contribution < 1.29 is 9.59 Å². The average molecular weight is 349 g/mol. The molecule has 0 fully saturated rings. The summed E-state index contributed by atoms with van der Waals surface area (Å²) in [5.41, 5.74) is 2.44. The van der Waals surface area contributed by atoms with E-state index in [4.69, 9.17) is 0 Å². The lowest BCUT2D eigenvalue weighted by molar-refractivity contribution is -0.129. The zero-order valence-electron chi connectivity index (χ0n) is 14.3. The molecule has 0 aliphatic carbocycles. The Kier molecular flexibility index (Phi) is 5.38. The first-order valence-electron chi connectivity index (χ1n) is 8.17. The summed E-state index contributed by atoms with van der Waals surface area (Å²) in [6.07, 6.45) is 5.00. The van der Waals surface area contributed by atoms with Crippen LogP contribution in [0.3, 0.4) is 0 Å². The fourth-order valence-corrected chi connectivity index (χ4v) is 2.66. The molecular weight excluding hydrogens is 330 g/mol. The van der Waals surface area contributed by atoms with Gasteiger partial charge in [0.2, 0.25) is 11.8 Å². The summed E-state index contributed by atoms with van der Waals surface area (Å²) >= 11 is 0. The third-order valence-electron chi connectivity index (χ3n) is 3.93. The maximum atomic E-state index is 12.5. The van der Waals surface area contributed by atoms with Crippen LogP contribution in [0.15, 0.2) is 67.1 Å². The lowest BCUT2D eigenvalue weighted by Crippen LogP contribution is -2.40. The van der Waals surface area contributed by atoms with Crippen molar-refractivity contribution in [2.24, 2.45) is 0 Å². The standard InChI is InChI=1S/C19H19N5O2/c1-20-19(26)18(15-5-3-2-4-6-15)23-17(25)13-24-16(9-12-22-24)14-7-10-21-11-8-14/h2-12,18H,13H2,1H3,(H,20,26)(H,23,25). The zero-order chi connectivity index (χ0) is 18.4. The van der Waals surface area contributed by atoms with Crippen LogP contribution in [-0.2, 0) is 16.1 Å². The molecule has 1 unspecified atom stereocenters. The first kappa shape index (κ1) is 17.3. The molecule has 2 amide bonds. The van der Waals surface area contributed by atoms with Gasteiger partial charge in [0.1, 0.15) is 12.6 Å². The van der Waals surface area contributed by atoms with E-state index in [1.54, 1.807) is 42.5 Å². The van der Waals surface area contributed by atoms with E-state index in [1.165, 1.54) is 0 Å². The Morgan fingerprint density at radius 1 is 1.04 bits per heavy atom. The van der Waals surface area contributed by atoms with Crippen molar-refractivity contribution >= 4 is 11.8 Å². The monoisotopic (exact) mass is 349 g/mol. The van der Waals surface area contributed by atoms with E-state index in [0.717, 1.165) is 16.8 Å². The van der Waals surface area contributed by atoms with Crippen molar-refractivity contribution in [3.63, 3.8) is 0 Å². The van der Waals surface area contributed by atoms with Gasteiger partial charge in [0.05, 0.1) is 5.69 Å². The third kappa shape index (κ3) is 3.94. The van der Waals surface area contributed by atoms with Crippen LogP contribution in [-0.4, -0.2) is 33.6 Å². The Balaban J connectivity index is 1.76. The van der Waals surface area contributed by atoms with E-state index in [9.17, 15) is 9.59 Å². The van der Waals surface area contributed by atoms with Gasteiger partial charge in [-0.1, -0.05) is 30.3 Å². The van der Waals surface area contributed by atoms with Gasteiger partial charge < -0.3 is 10.6 Å². The number of rotatable bonds is 6. The van der Waals surface area contributed by atoms with Crippen LogP contribution in [0.5, 0.6) is 0 Å². The molecule has 2 N–H and O–H groups in total. The van der Waals surface area contributed by atoms with Gasteiger partial charge in [-0.15, -0.1) is 0 Å². The lowest BCUT2D eigenvalue weighted by Gasteiger charge is -2.18. The summed E-state index contributed by atoms with van der Waals surface area (Å²) in [6.45, 7) is 0.00494. The molecule has 7 nitrogen and oxygen atoms in total. The molecule has 3 aromatic rings. The lowest BCUT2D eigenvalue weighted by atomic mass is 10.1. The van der Waals surface area contributed by atoms with Gasteiger partial charge in [0, 0.05) is 31.2 Å². The van der Waals surface area contributed by atoms with Gasteiger partial charge in [-0.05, 0) is 23.8 Å². The molecule has 0 bridgehead atoms. The van der Waals surface area contributed by atoms with Gasteiger partial charge >= 0.3 is 0 Å². The van der Waals surface area contributed by atoms with Gasteiger partial charge in [-0.2, -0.15) is 5.10 Å². The zero-order valence-corrected chi connectivity index (χ0v) is 14.3. The molecule has 1 atom stereocenters. The maximum absolute atomic E-state index is 12.5.